The highest BCUT2D eigenvalue weighted by Crippen LogP contribution is 2.41. The predicted octanol–water partition coefficient (Wildman–Crippen LogP) is 3.79. The van der Waals surface area contributed by atoms with Gasteiger partial charge >= 0.3 is 21.8 Å². The summed E-state index contributed by atoms with van der Waals surface area (Å²) in [5.74, 6) is -1.10. The van der Waals surface area contributed by atoms with Gasteiger partial charge < -0.3 is 4.18 Å². The molecule has 124 valence electrons. The third kappa shape index (κ3) is 3.54. The SMILES string of the molecule is O=S(=O)(OC1=CC(c2cnc(C(F)(F)F)s2)CC1)C(F)(F)F. The van der Waals surface area contributed by atoms with E-state index in [2.05, 4.69) is 9.17 Å². The maximum atomic E-state index is 12.4. The van der Waals surface area contributed by atoms with Crippen LogP contribution in [-0.4, -0.2) is 18.9 Å². The highest BCUT2D eigenvalue weighted by atomic mass is 32.2. The molecule has 1 heterocycles. The van der Waals surface area contributed by atoms with Gasteiger partial charge in [0.1, 0.15) is 5.76 Å². The third-order valence-electron chi connectivity index (χ3n) is 2.72. The van der Waals surface area contributed by atoms with E-state index in [4.69, 9.17) is 0 Å². The average molecular weight is 367 g/mol. The summed E-state index contributed by atoms with van der Waals surface area (Å²) >= 11 is 0.355. The van der Waals surface area contributed by atoms with Gasteiger partial charge in [-0.05, 0) is 12.5 Å². The van der Waals surface area contributed by atoms with Crippen LogP contribution in [0.25, 0.3) is 0 Å². The summed E-state index contributed by atoms with van der Waals surface area (Å²) in [6, 6.07) is 0. The minimum Gasteiger partial charge on any atom is -0.381 e. The molecule has 1 aromatic heterocycles. The molecule has 0 aliphatic heterocycles. The Bertz CT molecular complexity index is 688. The van der Waals surface area contributed by atoms with Gasteiger partial charge in [0.15, 0.2) is 5.01 Å². The smallest absolute Gasteiger partial charge is 0.381 e. The average Bonchev–Trinajstić information content (AvgIpc) is 2.92. The van der Waals surface area contributed by atoms with Crippen molar-refractivity contribution in [3.05, 3.63) is 27.9 Å². The second-order valence-corrected chi connectivity index (χ2v) is 6.93. The second kappa shape index (κ2) is 5.41. The maximum Gasteiger partial charge on any atom is 0.534 e. The summed E-state index contributed by atoms with van der Waals surface area (Å²) in [5, 5.41) is -1.08. The molecule has 0 aromatic carbocycles. The zero-order valence-corrected chi connectivity index (χ0v) is 12.0. The Morgan fingerprint density at radius 3 is 2.36 bits per heavy atom. The zero-order chi connectivity index (χ0) is 16.8. The Morgan fingerprint density at radius 1 is 1.23 bits per heavy atom. The van der Waals surface area contributed by atoms with Gasteiger partial charge in [0, 0.05) is 23.4 Å². The van der Waals surface area contributed by atoms with Crippen molar-refractivity contribution in [3.8, 4) is 0 Å². The van der Waals surface area contributed by atoms with Crippen LogP contribution < -0.4 is 0 Å². The maximum absolute atomic E-state index is 12.4. The first-order valence-electron chi connectivity index (χ1n) is 5.64. The number of alkyl halides is 6. The number of hydrogen-bond acceptors (Lipinski definition) is 5. The van der Waals surface area contributed by atoms with E-state index in [1.165, 1.54) is 0 Å². The van der Waals surface area contributed by atoms with Crippen LogP contribution in [0.2, 0.25) is 0 Å². The van der Waals surface area contributed by atoms with E-state index in [9.17, 15) is 34.8 Å². The Morgan fingerprint density at radius 2 is 1.86 bits per heavy atom. The van der Waals surface area contributed by atoms with Crippen molar-refractivity contribution in [1.29, 1.82) is 0 Å². The third-order valence-corrected chi connectivity index (χ3v) is 4.90. The Kier molecular flexibility index (Phi) is 4.19. The van der Waals surface area contributed by atoms with Crippen molar-refractivity contribution in [2.45, 2.75) is 30.4 Å². The molecule has 4 nitrogen and oxygen atoms in total. The molecule has 1 atom stereocenters. The van der Waals surface area contributed by atoms with Crippen LogP contribution in [0.5, 0.6) is 0 Å². The topological polar surface area (TPSA) is 56.3 Å². The minimum absolute atomic E-state index is 0.126. The molecule has 0 spiro atoms. The van der Waals surface area contributed by atoms with Gasteiger partial charge in [-0.3, -0.25) is 0 Å². The summed E-state index contributed by atoms with van der Waals surface area (Å²) in [6.07, 6.45) is -2.56. The van der Waals surface area contributed by atoms with Crippen molar-refractivity contribution in [3.63, 3.8) is 0 Å². The lowest BCUT2D eigenvalue weighted by molar-refractivity contribution is -0.137. The van der Waals surface area contributed by atoms with E-state index in [0.717, 1.165) is 12.3 Å². The molecular weight excluding hydrogens is 360 g/mol. The quantitative estimate of drug-likeness (QED) is 0.463. The van der Waals surface area contributed by atoms with Gasteiger partial charge in [0.25, 0.3) is 0 Å². The van der Waals surface area contributed by atoms with Crippen molar-refractivity contribution in [2.24, 2.45) is 0 Å². The molecule has 0 fully saturated rings. The van der Waals surface area contributed by atoms with Gasteiger partial charge in [-0.15, -0.1) is 11.3 Å². The summed E-state index contributed by atoms with van der Waals surface area (Å²) in [4.78, 5) is 3.37. The first kappa shape index (κ1) is 17.1. The van der Waals surface area contributed by atoms with Gasteiger partial charge in [-0.2, -0.15) is 34.8 Å². The van der Waals surface area contributed by atoms with E-state index >= 15 is 0 Å². The van der Waals surface area contributed by atoms with E-state index in [1.807, 2.05) is 0 Å². The number of allylic oxidation sites excluding steroid dienone is 2. The standard InChI is InChI=1S/C10H7F6NO3S2/c11-9(12,13)8-17-4-7(21-8)5-1-2-6(3-5)20-22(18,19)10(14,15)16/h3-5H,1-2H2. The number of aromatic nitrogens is 1. The van der Waals surface area contributed by atoms with Gasteiger partial charge in [0.05, 0.1) is 0 Å². The fraction of sp³-hybridized carbons (Fsp3) is 0.500. The minimum atomic E-state index is -5.77. The molecule has 0 radical (unpaired) electrons. The Balaban J connectivity index is 2.15. The fourth-order valence-corrected chi connectivity index (χ4v) is 3.16. The first-order valence-corrected chi connectivity index (χ1v) is 7.87. The molecule has 1 aromatic rings. The summed E-state index contributed by atoms with van der Waals surface area (Å²) in [5.41, 5.74) is -5.56. The van der Waals surface area contributed by atoms with Crippen molar-refractivity contribution < 1.29 is 38.9 Å². The van der Waals surface area contributed by atoms with Crippen LogP contribution in [0.1, 0.15) is 28.6 Å². The largest absolute Gasteiger partial charge is 0.534 e. The molecule has 12 heteroatoms. The second-order valence-electron chi connectivity index (χ2n) is 4.33. The molecule has 0 saturated heterocycles. The molecule has 2 rings (SSSR count). The number of thiazole rings is 1. The van der Waals surface area contributed by atoms with Crippen LogP contribution >= 0.6 is 11.3 Å². The molecule has 0 amide bonds. The lowest BCUT2D eigenvalue weighted by Crippen LogP contribution is -2.25. The Hall–Kier alpha value is -1.30. The van der Waals surface area contributed by atoms with E-state index in [1.54, 1.807) is 0 Å². The molecule has 0 N–H and O–H groups in total. The Labute approximate surface area is 124 Å². The molecule has 22 heavy (non-hydrogen) atoms. The highest BCUT2D eigenvalue weighted by molar-refractivity contribution is 7.87. The van der Waals surface area contributed by atoms with Gasteiger partial charge in [-0.1, -0.05) is 0 Å². The molecule has 0 saturated carbocycles. The molecular formula is C10H7F6NO3S2. The highest BCUT2D eigenvalue weighted by Gasteiger charge is 2.49. The summed E-state index contributed by atoms with van der Waals surface area (Å²) < 4.78 is 99.4. The van der Waals surface area contributed by atoms with Gasteiger partial charge in [0.2, 0.25) is 0 Å². The van der Waals surface area contributed by atoms with Crippen LogP contribution in [0.15, 0.2) is 18.0 Å². The molecule has 0 bridgehead atoms. The van der Waals surface area contributed by atoms with E-state index < -0.39 is 38.5 Å². The number of hydrogen-bond donors (Lipinski definition) is 0. The van der Waals surface area contributed by atoms with Crippen LogP contribution in [0.3, 0.4) is 0 Å². The molecule has 1 aliphatic rings. The number of nitrogens with zero attached hydrogens (tertiary/aromatic N) is 1. The first-order chi connectivity index (χ1) is 9.90. The van der Waals surface area contributed by atoms with E-state index in [0.29, 0.717) is 11.3 Å². The van der Waals surface area contributed by atoms with Crippen LogP contribution in [0.4, 0.5) is 26.3 Å². The normalized spacial score (nSPS) is 20.1. The zero-order valence-electron chi connectivity index (χ0n) is 10.4. The monoisotopic (exact) mass is 367 g/mol. The molecule has 1 unspecified atom stereocenters. The summed E-state index contributed by atoms with van der Waals surface area (Å²) in [6.45, 7) is 0. The lowest BCUT2D eigenvalue weighted by Gasteiger charge is -2.09. The lowest BCUT2D eigenvalue weighted by atomic mass is 10.1. The molecule has 1 aliphatic carbocycles. The fourth-order valence-electron chi connectivity index (χ4n) is 1.76. The van der Waals surface area contributed by atoms with Crippen LogP contribution in [-0.2, 0) is 20.5 Å². The van der Waals surface area contributed by atoms with Gasteiger partial charge in [-0.25, -0.2) is 4.98 Å². The van der Waals surface area contributed by atoms with Crippen molar-refractivity contribution >= 4 is 21.5 Å². The number of rotatable bonds is 3. The number of halogens is 6. The van der Waals surface area contributed by atoms with Crippen molar-refractivity contribution in [1.82, 2.24) is 4.98 Å². The van der Waals surface area contributed by atoms with E-state index in [-0.39, 0.29) is 17.7 Å². The summed E-state index contributed by atoms with van der Waals surface area (Å²) in [7, 11) is -5.77. The van der Waals surface area contributed by atoms with Crippen LogP contribution in [0, 0.1) is 0 Å². The van der Waals surface area contributed by atoms with Crippen molar-refractivity contribution in [2.75, 3.05) is 0 Å². The predicted molar refractivity (Wildman–Crippen MR) is 63.2 cm³/mol.